The number of rotatable bonds is 6. The maximum atomic E-state index is 12.4. The lowest BCUT2D eigenvalue weighted by Crippen LogP contribution is -2.38. The van der Waals surface area contributed by atoms with Crippen LogP contribution in [0.3, 0.4) is 0 Å². The number of allylic oxidation sites excluding steroid dienone is 1. The van der Waals surface area contributed by atoms with Crippen LogP contribution in [-0.4, -0.2) is 49.0 Å². The number of benzene rings is 1. The largest absolute Gasteiger partial charge is 0.497 e. The molecule has 0 amide bonds. The lowest BCUT2D eigenvalue weighted by atomic mass is 10.2. The number of hydrogen-bond acceptors (Lipinski definition) is 5. The van der Waals surface area contributed by atoms with Crippen molar-refractivity contribution in [3.05, 3.63) is 53.7 Å². The molecule has 6 nitrogen and oxygen atoms in total. The molecule has 0 bridgehead atoms. The number of hydrogen-bond donors (Lipinski definition) is 0. The number of ketones is 1. The maximum absolute atomic E-state index is 12.4. The van der Waals surface area contributed by atoms with E-state index in [2.05, 4.69) is 16.9 Å². The maximum Gasteiger partial charge on any atom is 0.190 e. The molecule has 2 heterocycles. The van der Waals surface area contributed by atoms with E-state index in [0.29, 0.717) is 25.3 Å². The molecule has 132 valence electrons. The fourth-order valence-corrected chi connectivity index (χ4v) is 3.04. The highest BCUT2D eigenvalue weighted by Gasteiger charge is 2.26. The van der Waals surface area contributed by atoms with Crippen LogP contribution in [0.25, 0.3) is 0 Å². The zero-order valence-electron chi connectivity index (χ0n) is 14.8. The van der Waals surface area contributed by atoms with Crippen LogP contribution < -0.4 is 9.64 Å². The molecule has 0 aliphatic carbocycles. The molecule has 0 N–H and O–H groups in total. The van der Waals surface area contributed by atoms with E-state index in [1.165, 1.54) is 0 Å². The Morgan fingerprint density at radius 3 is 2.68 bits per heavy atom. The minimum Gasteiger partial charge on any atom is -0.497 e. The summed E-state index contributed by atoms with van der Waals surface area (Å²) >= 11 is 0. The quantitative estimate of drug-likeness (QED) is 0.808. The summed E-state index contributed by atoms with van der Waals surface area (Å²) < 4.78 is 12.4. The van der Waals surface area contributed by atoms with Gasteiger partial charge in [-0.2, -0.15) is 5.10 Å². The van der Waals surface area contributed by atoms with Gasteiger partial charge in [0.15, 0.2) is 5.78 Å². The van der Waals surface area contributed by atoms with E-state index < -0.39 is 0 Å². The second-order valence-corrected chi connectivity index (χ2v) is 6.11. The van der Waals surface area contributed by atoms with Gasteiger partial charge in [0, 0.05) is 13.7 Å². The first-order valence-electron chi connectivity index (χ1n) is 8.29. The molecule has 1 aliphatic rings. The van der Waals surface area contributed by atoms with Crippen molar-refractivity contribution in [2.24, 2.45) is 0 Å². The smallest absolute Gasteiger partial charge is 0.190 e. The third-order valence-corrected chi connectivity index (χ3v) is 4.35. The molecule has 0 fully saturated rings. The molecule has 0 saturated carbocycles. The Bertz CT molecular complexity index is 765. The lowest BCUT2D eigenvalue weighted by molar-refractivity contribution is 0.104. The van der Waals surface area contributed by atoms with Gasteiger partial charge in [-0.15, -0.1) is 0 Å². The molecule has 0 spiro atoms. The van der Waals surface area contributed by atoms with Gasteiger partial charge >= 0.3 is 0 Å². The Hall–Kier alpha value is -2.60. The minimum absolute atomic E-state index is 0.0110. The van der Waals surface area contributed by atoms with Crippen molar-refractivity contribution in [3.8, 4) is 5.75 Å². The van der Waals surface area contributed by atoms with E-state index in [4.69, 9.17) is 9.47 Å². The van der Waals surface area contributed by atoms with Crippen LogP contribution in [0.5, 0.6) is 5.75 Å². The minimum atomic E-state index is -0.0110. The third kappa shape index (κ3) is 3.58. The monoisotopic (exact) mass is 341 g/mol. The van der Waals surface area contributed by atoms with Crippen LogP contribution in [0.15, 0.2) is 42.6 Å². The van der Waals surface area contributed by atoms with Gasteiger partial charge in [-0.25, -0.2) is 4.68 Å². The number of nitrogens with zero attached hydrogens (tertiary/aromatic N) is 3. The van der Waals surface area contributed by atoms with Crippen molar-refractivity contribution in [2.45, 2.75) is 19.5 Å². The van der Waals surface area contributed by atoms with Crippen LogP contribution in [0.2, 0.25) is 0 Å². The number of methoxy groups -OCH3 is 2. The predicted molar refractivity (Wildman–Crippen MR) is 96.5 cm³/mol. The summed E-state index contributed by atoms with van der Waals surface area (Å²) in [5.41, 5.74) is 1.72. The average molecular weight is 341 g/mol. The molecule has 2 aromatic rings. The van der Waals surface area contributed by atoms with Gasteiger partial charge in [0.25, 0.3) is 0 Å². The van der Waals surface area contributed by atoms with Gasteiger partial charge in [0.05, 0.1) is 38.1 Å². The lowest BCUT2D eigenvalue weighted by Gasteiger charge is -2.30. The number of aromatic nitrogens is 2. The molecular formula is C19H23N3O3. The predicted octanol–water partition coefficient (Wildman–Crippen LogP) is 2.53. The van der Waals surface area contributed by atoms with Crippen LogP contribution in [0, 0.1) is 0 Å². The van der Waals surface area contributed by atoms with Crippen molar-refractivity contribution >= 4 is 11.6 Å². The van der Waals surface area contributed by atoms with Crippen molar-refractivity contribution in [3.63, 3.8) is 0 Å². The first-order chi connectivity index (χ1) is 12.1. The number of anilines is 1. The first kappa shape index (κ1) is 17.2. The molecule has 6 heteroatoms. The molecule has 1 aromatic carbocycles. The normalized spacial score (nSPS) is 15.0. The Morgan fingerprint density at radius 2 is 2.00 bits per heavy atom. The summed E-state index contributed by atoms with van der Waals surface area (Å²) in [6.45, 7) is 3.90. The van der Waals surface area contributed by atoms with E-state index >= 15 is 0 Å². The van der Waals surface area contributed by atoms with Crippen LogP contribution in [0.1, 0.15) is 22.8 Å². The van der Waals surface area contributed by atoms with Crippen molar-refractivity contribution < 1.29 is 14.3 Å². The summed E-state index contributed by atoms with van der Waals surface area (Å²) in [6, 6.07) is 8.00. The number of carbonyl (C=O) groups excluding carboxylic acids is 1. The summed E-state index contributed by atoms with van der Waals surface area (Å²) in [5.74, 6) is 1.65. The van der Waals surface area contributed by atoms with Gasteiger partial charge < -0.3 is 14.4 Å². The van der Waals surface area contributed by atoms with E-state index in [-0.39, 0.29) is 11.8 Å². The van der Waals surface area contributed by atoms with Crippen LogP contribution in [0.4, 0.5) is 5.82 Å². The Balaban J connectivity index is 1.94. The van der Waals surface area contributed by atoms with Gasteiger partial charge in [-0.05, 0) is 30.7 Å². The van der Waals surface area contributed by atoms with Gasteiger partial charge in [0.2, 0.25) is 0 Å². The van der Waals surface area contributed by atoms with E-state index in [9.17, 15) is 4.79 Å². The fraction of sp³-hybridized carbons (Fsp3) is 0.368. The van der Waals surface area contributed by atoms with Gasteiger partial charge in [-0.1, -0.05) is 18.2 Å². The molecular weight excluding hydrogens is 318 g/mol. The third-order valence-electron chi connectivity index (χ3n) is 4.35. The Labute approximate surface area is 147 Å². The fourth-order valence-electron chi connectivity index (χ4n) is 3.04. The highest BCUT2D eigenvalue weighted by atomic mass is 16.5. The summed E-state index contributed by atoms with van der Waals surface area (Å²) in [4.78, 5) is 14.5. The van der Waals surface area contributed by atoms with Crippen molar-refractivity contribution in [2.75, 3.05) is 32.3 Å². The molecule has 1 unspecified atom stereocenters. The summed E-state index contributed by atoms with van der Waals surface area (Å²) in [5, 5.41) is 4.47. The number of ether oxygens (including phenoxy) is 2. The molecule has 0 radical (unpaired) electrons. The Morgan fingerprint density at radius 1 is 1.24 bits per heavy atom. The second-order valence-electron chi connectivity index (χ2n) is 6.11. The molecule has 1 aliphatic heterocycles. The van der Waals surface area contributed by atoms with Gasteiger partial charge in [-0.3, -0.25) is 4.79 Å². The average Bonchev–Trinajstić information content (AvgIpc) is 2.94. The van der Waals surface area contributed by atoms with E-state index in [0.717, 1.165) is 17.1 Å². The number of fused-ring (bicyclic) bond motifs is 1. The standard InChI is InChI=1S/C19H23N3O3/c1-14(13-24-2)21-10-4-5-18(23)17-11-20-22(19(17)21)12-15-6-8-16(25-3)9-7-15/h4-9,11,14H,10,12-13H2,1-3H3. The Kier molecular flexibility index (Phi) is 5.19. The first-order valence-corrected chi connectivity index (χ1v) is 8.29. The highest BCUT2D eigenvalue weighted by Crippen LogP contribution is 2.27. The van der Waals surface area contributed by atoms with Gasteiger partial charge in [0.1, 0.15) is 11.6 Å². The topological polar surface area (TPSA) is 56.6 Å². The second kappa shape index (κ2) is 7.53. The molecule has 3 rings (SSSR count). The zero-order valence-corrected chi connectivity index (χ0v) is 14.8. The zero-order chi connectivity index (χ0) is 17.8. The summed E-state index contributed by atoms with van der Waals surface area (Å²) in [7, 11) is 3.33. The number of carbonyl (C=O) groups is 1. The SMILES string of the molecule is COCC(C)N1CC=CC(=O)c2cnn(Cc3ccc(OC)cc3)c21. The molecule has 1 atom stereocenters. The highest BCUT2D eigenvalue weighted by molar-refractivity contribution is 6.08. The van der Waals surface area contributed by atoms with E-state index in [1.54, 1.807) is 26.5 Å². The molecule has 0 saturated heterocycles. The van der Waals surface area contributed by atoms with E-state index in [1.807, 2.05) is 35.0 Å². The van der Waals surface area contributed by atoms with Crippen molar-refractivity contribution in [1.82, 2.24) is 9.78 Å². The van der Waals surface area contributed by atoms with Crippen molar-refractivity contribution in [1.29, 1.82) is 0 Å². The van der Waals surface area contributed by atoms with Crippen LogP contribution in [-0.2, 0) is 11.3 Å². The molecule has 25 heavy (non-hydrogen) atoms. The van der Waals surface area contributed by atoms with Crippen LogP contribution >= 0.6 is 0 Å². The summed E-state index contributed by atoms with van der Waals surface area (Å²) in [6.07, 6.45) is 5.17. The molecule has 1 aromatic heterocycles.